The lowest BCUT2D eigenvalue weighted by atomic mass is 10.0. The van der Waals surface area contributed by atoms with Crippen molar-refractivity contribution in [3.05, 3.63) is 33.7 Å². The molecule has 0 aliphatic carbocycles. The Labute approximate surface area is 136 Å². The van der Waals surface area contributed by atoms with E-state index in [-0.39, 0.29) is 53.8 Å². The van der Waals surface area contributed by atoms with Crippen molar-refractivity contribution in [2.45, 2.75) is 26.2 Å². The summed E-state index contributed by atoms with van der Waals surface area (Å²) in [5, 5.41) is 30.7. The van der Waals surface area contributed by atoms with Gasteiger partial charge in [-0.2, -0.15) is 0 Å². The maximum absolute atomic E-state index is 12.0. The predicted molar refractivity (Wildman–Crippen MR) is 84.1 cm³/mol. The molecule has 128 valence electrons. The number of amides is 1. The SMILES string of the molecule is Cc1c(CC(=O)NCCCC(=O)O)c(=O)oc2cc(O)cc(O)c12. The topological polar surface area (TPSA) is 137 Å². The van der Waals surface area contributed by atoms with Gasteiger partial charge in [-0.3, -0.25) is 9.59 Å². The average Bonchev–Trinajstić information content (AvgIpc) is 2.46. The van der Waals surface area contributed by atoms with Crippen LogP contribution in [0.3, 0.4) is 0 Å². The summed E-state index contributed by atoms with van der Waals surface area (Å²) in [7, 11) is 0. The van der Waals surface area contributed by atoms with Gasteiger partial charge in [0.25, 0.3) is 0 Å². The first kappa shape index (κ1) is 17.3. The summed E-state index contributed by atoms with van der Waals surface area (Å²) >= 11 is 0. The third-order valence-electron chi connectivity index (χ3n) is 3.57. The average molecular weight is 335 g/mol. The minimum absolute atomic E-state index is 0.0283. The molecule has 2 rings (SSSR count). The number of phenolic OH excluding ortho intramolecular Hbond substituents is 2. The number of carbonyl (C=O) groups excluding carboxylic acids is 1. The van der Waals surface area contributed by atoms with Crippen molar-refractivity contribution in [2.75, 3.05) is 6.54 Å². The summed E-state index contributed by atoms with van der Waals surface area (Å²) in [4.78, 5) is 34.3. The number of fused-ring (bicyclic) bond motifs is 1. The van der Waals surface area contributed by atoms with Gasteiger partial charge in [-0.05, 0) is 18.9 Å². The van der Waals surface area contributed by atoms with Gasteiger partial charge in [-0.15, -0.1) is 0 Å². The lowest BCUT2D eigenvalue weighted by Gasteiger charge is -2.10. The largest absolute Gasteiger partial charge is 0.508 e. The van der Waals surface area contributed by atoms with Crippen LogP contribution in [0.5, 0.6) is 11.5 Å². The summed E-state index contributed by atoms with van der Waals surface area (Å²) in [6.07, 6.45) is -0.0290. The molecule has 2 aromatic rings. The van der Waals surface area contributed by atoms with Crippen molar-refractivity contribution in [3.8, 4) is 11.5 Å². The number of benzene rings is 1. The number of rotatable bonds is 6. The number of aromatic hydroxyl groups is 2. The fourth-order valence-electron chi connectivity index (χ4n) is 2.40. The molecule has 8 nitrogen and oxygen atoms in total. The Balaban J connectivity index is 2.22. The second-order valence-corrected chi connectivity index (χ2v) is 5.36. The van der Waals surface area contributed by atoms with Gasteiger partial charge in [0, 0.05) is 25.1 Å². The summed E-state index contributed by atoms with van der Waals surface area (Å²) in [6.45, 7) is 1.76. The van der Waals surface area contributed by atoms with E-state index >= 15 is 0 Å². The number of carboxylic acid groups (broad SMARTS) is 1. The van der Waals surface area contributed by atoms with Gasteiger partial charge < -0.3 is 25.1 Å². The first-order chi connectivity index (χ1) is 11.3. The van der Waals surface area contributed by atoms with Gasteiger partial charge in [-0.25, -0.2) is 4.79 Å². The molecule has 0 spiro atoms. The molecule has 24 heavy (non-hydrogen) atoms. The molecule has 1 heterocycles. The molecule has 0 bridgehead atoms. The molecule has 8 heteroatoms. The molecular formula is C16H17NO7. The summed E-state index contributed by atoms with van der Waals surface area (Å²) < 4.78 is 5.06. The summed E-state index contributed by atoms with van der Waals surface area (Å²) in [5.74, 6) is -1.90. The van der Waals surface area contributed by atoms with Crippen LogP contribution >= 0.6 is 0 Å². The van der Waals surface area contributed by atoms with E-state index < -0.39 is 17.5 Å². The van der Waals surface area contributed by atoms with E-state index in [1.165, 1.54) is 6.07 Å². The van der Waals surface area contributed by atoms with Crippen LogP contribution in [0, 0.1) is 6.92 Å². The van der Waals surface area contributed by atoms with E-state index in [2.05, 4.69) is 5.32 Å². The second-order valence-electron chi connectivity index (χ2n) is 5.36. The number of hydrogen-bond acceptors (Lipinski definition) is 6. The number of aryl methyl sites for hydroxylation is 1. The highest BCUT2D eigenvalue weighted by molar-refractivity contribution is 5.89. The van der Waals surface area contributed by atoms with Gasteiger partial charge in [0.15, 0.2) is 0 Å². The van der Waals surface area contributed by atoms with Crippen molar-refractivity contribution in [1.82, 2.24) is 5.32 Å². The first-order valence-electron chi connectivity index (χ1n) is 7.26. The summed E-state index contributed by atoms with van der Waals surface area (Å²) in [6, 6.07) is 2.32. The Kier molecular flexibility index (Phi) is 5.08. The molecule has 4 N–H and O–H groups in total. The first-order valence-corrected chi connectivity index (χ1v) is 7.26. The van der Waals surface area contributed by atoms with Crippen LogP contribution in [0.1, 0.15) is 24.0 Å². The fourth-order valence-corrected chi connectivity index (χ4v) is 2.40. The Morgan fingerprint density at radius 2 is 1.96 bits per heavy atom. The lowest BCUT2D eigenvalue weighted by Crippen LogP contribution is -2.28. The standard InChI is InChI=1S/C16H17NO7/c1-8-10(7-13(20)17-4-2-3-14(21)22)16(23)24-12-6-9(18)5-11(19)15(8)12/h5-6,18-19H,2-4,7H2,1H3,(H,17,20)(H,21,22). The third-order valence-corrected chi connectivity index (χ3v) is 3.57. The van der Waals surface area contributed by atoms with Crippen LogP contribution in [0.4, 0.5) is 0 Å². The predicted octanol–water partition coefficient (Wildman–Crippen LogP) is 1.04. The van der Waals surface area contributed by atoms with E-state index in [4.69, 9.17) is 9.52 Å². The molecule has 1 aromatic carbocycles. The molecule has 0 aliphatic heterocycles. The number of hydrogen-bond donors (Lipinski definition) is 4. The van der Waals surface area contributed by atoms with Crippen LogP contribution < -0.4 is 10.9 Å². The maximum atomic E-state index is 12.0. The van der Waals surface area contributed by atoms with Crippen LogP contribution in [0.15, 0.2) is 21.3 Å². The van der Waals surface area contributed by atoms with Crippen molar-refractivity contribution in [3.63, 3.8) is 0 Å². The monoisotopic (exact) mass is 335 g/mol. The van der Waals surface area contributed by atoms with E-state index in [9.17, 15) is 24.6 Å². The number of aliphatic carboxylic acids is 1. The van der Waals surface area contributed by atoms with Crippen LogP contribution in [0.25, 0.3) is 11.0 Å². The van der Waals surface area contributed by atoms with Gasteiger partial charge in [0.2, 0.25) is 5.91 Å². The number of phenols is 2. The van der Waals surface area contributed by atoms with Crippen molar-refractivity contribution >= 4 is 22.8 Å². The quantitative estimate of drug-likeness (QED) is 0.457. The molecule has 0 aliphatic rings. The molecule has 1 amide bonds. The smallest absolute Gasteiger partial charge is 0.340 e. The fraction of sp³-hybridized carbons (Fsp3) is 0.312. The van der Waals surface area contributed by atoms with E-state index in [0.717, 1.165) is 6.07 Å². The highest BCUT2D eigenvalue weighted by atomic mass is 16.4. The molecule has 0 radical (unpaired) electrons. The molecule has 0 fully saturated rings. The molecular weight excluding hydrogens is 318 g/mol. The van der Waals surface area contributed by atoms with E-state index in [1.54, 1.807) is 6.92 Å². The third kappa shape index (κ3) is 3.83. The Bertz CT molecular complexity index is 854. The zero-order chi connectivity index (χ0) is 17.9. The van der Waals surface area contributed by atoms with E-state index in [0.29, 0.717) is 5.56 Å². The number of carbonyl (C=O) groups is 2. The zero-order valence-corrected chi connectivity index (χ0v) is 13.0. The van der Waals surface area contributed by atoms with E-state index in [1.807, 2.05) is 0 Å². The Morgan fingerprint density at radius 3 is 2.62 bits per heavy atom. The van der Waals surface area contributed by atoms with Gasteiger partial charge in [0.05, 0.1) is 17.4 Å². The normalized spacial score (nSPS) is 10.7. The summed E-state index contributed by atoms with van der Waals surface area (Å²) in [5.41, 5.74) is -0.218. The molecule has 0 saturated heterocycles. The van der Waals surface area contributed by atoms with Crippen LogP contribution in [0.2, 0.25) is 0 Å². The highest BCUT2D eigenvalue weighted by Gasteiger charge is 2.17. The number of carboxylic acids is 1. The molecule has 0 atom stereocenters. The molecule has 1 aromatic heterocycles. The second kappa shape index (κ2) is 7.03. The highest BCUT2D eigenvalue weighted by Crippen LogP contribution is 2.32. The molecule has 0 unspecified atom stereocenters. The minimum atomic E-state index is -0.950. The minimum Gasteiger partial charge on any atom is -0.508 e. The van der Waals surface area contributed by atoms with Gasteiger partial charge in [0.1, 0.15) is 17.1 Å². The van der Waals surface area contributed by atoms with Gasteiger partial charge >= 0.3 is 11.6 Å². The molecule has 0 saturated carbocycles. The Morgan fingerprint density at radius 1 is 1.25 bits per heavy atom. The number of nitrogens with one attached hydrogen (secondary N) is 1. The zero-order valence-electron chi connectivity index (χ0n) is 13.0. The van der Waals surface area contributed by atoms with Gasteiger partial charge in [-0.1, -0.05) is 0 Å². The van der Waals surface area contributed by atoms with Crippen molar-refractivity contribution in [2.24, 2.45) is 0 Å². The van der Waals surface area contributed by atoms with Crippen LogP contribution in [-0.2, 0) is 16.0 Å². The maximum Gasteiger partial charge on any atom is 0.340 e. The Hall–Kier alpha value is -3.03. The lowest BCUT2D eigenvalue weighted by molar-refractivity contribution is -0.137. The van der Waals surface area contributed by atoms with Crippen LogP contribution in [-0.4, -0.2) is 33.7 Å². The van der Waals surface area contributed by atoms with Crippen molar-refractivity contribution in [1.29, 1.82) is 0 Å². The van der Waals surface area contributed by atoms with Crippen molar-refractivity contribution < 1.29 is 29.3 Å².